The first-order chi connectivity index (χ1) is 7.17. The van der Waals surface area contributed by atoms with Crippen molar-refractivity contribution in [1.82, 2.24) is 10.6 Å². The van der Waals surface area contributed by atoms with Crippen molar-refractivity contribution in [2.75, 3.05) is 26.7 Å². The Bertz CT molecular complexity index is 272. The lowest BCUT2D eigenvalue weighted by Crippen LogP contribution is -2.63. The topological polar surface area (TPSA) is 50.4 Å². The van der Waals surface area contributed by atoms with Crippen molar-refractivity contribution in [3.63, 3.8) is 0 Å². The molecule has 1 rings (SSSR count). The van der Waals surface area contributed by atoms with Gasteiger partial charge in [0.2, 0.25) is 0 Å². The number of rotatable bonds is 3. The van der Waals surface area contributed by atoms with Crippen LogP contribution in [0.25, 0.3) is 0 Å². The SMILES string of the molecule is C#CCNC1(C(=O)OC)CCNCC1C. The van der Waals surface area contributed by atoms with E-state index in [4.69, 9.17) is 11.2 Å². The van der Waals surface area contributed by atoms with Crippen LogP contribution in [0.5, 0.6) is 0 Å². The zero-order chi connectivity index (χ0) is 11.3. The molecule has 4 nitrogen and oxygen atoms in total. The van der Waals surface area contributed by atoms with Crippen LogP contribution >= 0.6 is 0 Å². The molecule has 0 aromatic heterocycles. The molecule has 1 saturated heterocycles. The number of esters is 1. The zero-order valence-corrected chi connectivity index (χ0v) is 9.30. The fourth-order valence-corrected chi connectivity index (χ4v) is 2.05. The van der Waals surface area contributed by atoms with Crippen LogP contribution in [0.1, 0.15) is 13.3 Å². The lowest BCUT2D eigenvalue weighted by atomic mass is 9.79. The molecule has 1 heterocycles. The number of methoxy groups -OCH3 is 1. The van der Waals surface area contributed by atoms with E-state index in [1.807, 2.05) is 6.92 Å². The Labute approximate surface area is 90.8 Å². The maximum absolute atomic E-state index is 11.8. The molecule has 0 amide bonds. The largest absolute Gasteiger partial charge is 0.468 e. The van der Waals surface area contributed by atoms with Gasteiger partial charge in [-0.15, -0.1) is 6.42 Å². The van der Waals surface area contributed by atoms with Crippen molar-refractivity contribution >= 4 is 5.97 Å². The maximum atomic E-state index is 11.8. The summed E-state index contributed by atoms with van der Waals surface area (Å²) in [5.74, 6) is 2.46. The predicted octanol–water partition coefficient (Wildman–Crippen LogP) is -0.250. The number of carbonyl (C=O) groups is 1. The third-order valence-electron chi connectivity index (χ3n) is 3.04. The van der Waals surface area contributed by atoms with Crippen molar-refractivity contribution in [3.8, 4) is 12.3 Å². The molecule has 0 aromatic rings. The highest BCUT2D eigenvalue weighted by Gasteiger charge is 2.45. The second-order valence-corrected chi connectivity index (χ2v) is 3.88. The third kappa shape index (κ3) is 2.31. The van der Waals surface area contributed by atoms with Gasteiger partial charge in [-0.25, -0.2) is 0 Å². The fourth-order valence-electron chi connectivity index (χ4n) is 2.05. The molecule has 84 valence electrons. The third-order valence-corrected chi connectivity index (χ3v) is 3.04. The Morgan fingerprint density at radius 1 is 1.80 bits per heavy atom. The van der Waals surface area contributed by atoms with Gasteiger partial charge in [-0.3, -0.25) is 10.1 Å². The quantitative estimate of drug-likeness (QED) is 0.498. The van der Waals surface area contributed by atoms with Crippen molar-refractivity contribution in [2.24, 2.45) is 5.92 Å². The zero-order valence-electron chi connectivity index (χ0n) is 9.30. The number of carbonyl (C=O) groups excluding carboxylic acids is 1. The summed E-state index contributed by atoms with van der Waals surface area (Å²) >= 11 is 0. The van der Waals surface area contributed by atoms with Crippen molar-refractivity contribution < 1.29 is 9.53 Å². The van der Waals surface area contributed by atoms with E-state index < -0.39 is 5.54 Å². The molecule has 2 N–H and O–H groups in total. The minimum absolute atomic E-state index is 0.173. The molecule has 1 aliphatic heterocycles. The van der Waals surface area contributed by atoms with E-state index >= 15 is 0 Å². The van der Waals surface area contributed by atoms with Gasteiger partial charge >= 0.3 is 5.97 Å². The Balaban J connectivity index is 2.83. The number of hydrogen-bond acceptors (Lipinski definition) is 4. The predicted molar refractivity (Wildman–Crippen MR) is 58.2 cm³/mol. The summed E-state index contributed by atoms with van der Waals surface area (Å²) < 4.78 is 4.86. The van der Waals surface area contributed by atoms with Crippen LogP contribution in [-0.4, -0.2) is 38.3 Å². The van der Waals surface area contributed by atoms with Crippen LogP contribution in [-0.2, 0) is 9.53 Å². The average Bonchev–Trinajstić information content (AvgIpc) is 2.27. The Morgan fingerprint density at radius 2 is 2.53 bits per heavy atom. The Hall–Kier alpha value is -1.05. The molecule has 15 heavy (non-hydrogen) atoms. The molecular formula is C11H18N2O2. The van der Waals surface area contributed by atoms with Crippen LogP contribution in [0.15, 0.2) is 0 Å². The highest BCUT2D eigenvalue weighted by Crippen LogP contribution is 2.25. The van der Waals surface area contributed by atoms with Crippen LogP contribution in [0.2, 0.25) is 0 Å². The number of piperidine rings is 1. The van der Waals surface area contributed by atoms with Crippen molar-refractivity contribution in [1.29, 1.82) is 0 Å². The summed E-state index contributed by atoms with van der Waals surface area (Å²) in [6.07, 6.45) is 5.92. The van der Waals surface area contributed by atoms with Gasteiger partial charge in [-0.2, -0.15) is 0 Å². The molecule has 0 bridgehead atoms. The number of hydrogen-bond donors (Lipinski definition) is 2. The number of nitrogens with one attached hydrogen (secondary N) is 2. The van der Waals surface area contributed by atoms with E-state index in [0.717, 1.165) is 13.1 Å². The molecule has 4 heteroatoms. The first kappa shape index (κ1) is 12.0. The normalized spacial score (nSPS) is 30.6. The second kappa shape index (κ2) is 5.15. The van der Waals surface area contributed by atoms with Crippen LogP contribution < -0.4 is 10.6 Å². The Morgan fingerprint density at radius 3 is 3.07 bits per heavy atom. The summed E-state index contributed by atoms with van der Waals surface area (Å²) in [6.45, 7) is 4.01. The molecule has 1 aliphatic rings. The maximum Gasteiger partial charge on any atom is 0.326 e. The van der Waals surface area contributed by atoms with Gasteiger partial charge in [0, 0.05) is 6.54 Å². The molecule has 0 saturated carbocycles. The van der Waals surface area contributed by atoms with E-state index in [0.29, 0.717) is 13.0 Å². The first-order valence-electron chi connectivity index (χ1n) is 5.15. The molecule has 2 atom stereocenters. The minimum Gasteiger partial charge on any atom is -0.468 e. The van der Waals surface area contributed by atoms with Gasteiger partial charge in [0.05, 0.1) is 13.7 Å². The van der Waals surface area contributed by atoms with Crippen molar-refractivity contribution in [2.45, 2.75) is 18.9 Å². The fraction of sp³-hybridized carbons (Fsp3) is 0.727. The summed E-state index contributed by atoms with van der Waals surface area (Å²) in [7, 11) is 1.41. The highest BCUT2D eigenvalue weighted by molar-refractivity contribution is 5.81. The van der Waals surface area contributed by atoms with Crippen molar-refractivity contribution in [3.05, 3.63) is 0 Å². The van der Waals surface area contributed by atoms with Gasteiger partial charge in [0.15, 0.2) is 0 Å². The van der Waals surface area contributed by atoms with Gasteiger partial charge in [-0.1, -0.05) is 12.8 Å². The van der Waals surface area contributed by atoms with Crippen LogP contribution in [0.3, 0.4) is 0 Å². The van der Waals surface area contributed by atoms with E-state index in [2.05, 4.69) is 16.6 Å². The van der Waals surface area contributed by atoms with E-state index in [1.165, 1.54) is 7.11 Å². The van der Waals surface area contributed by atoms with E-state index in [1.54, 1.807) is 0 Å². The highest BCUT2D eigenvalue weighted by atomic mass is 16.5. The second-order valence-electron chi connectivity index (χ2n) is 3.88. The number of ether oxygens (including phenoxy) is 1. The van der Waals surface area contributed by atoms with Gasteiger partial charge < -0.3 is 10.1 Å². The molecule has 2 unspecified atom stereocenters. The smallest absolute Gasteiger partial charge is 0.326 e. The molecule has 0 aliphatic carbocycles. The monoisotopic (exact) mass is 210 g/mol. The Kier molecular flexibility index (Phi) is 4.13. The summed E-state index contributed by atoms with van der Waals surface area (Å²) in [4.78, 5) is 11.8. The molecule has 0 aromatic carbocycles. The van der Waals surface area contributed by atoms with E-state index in [9.17, 15) is 4.79 Å². The summed E-state index contributed by atoms with van der Waals surface area (Å²) in [5, 5.41) is 6.38. The molecule has 0 radical (unpaired) electrons. The van der Waals surface area contributed by atoms with E-state index in [-0.39, 0.29) is 11.9 Å². The minimum atomic E-state index is -0.619. The lowest BCUT2D eigenvalue weighted by molar-refractivity contribution is -0.152. The first-order valence-corrected chi connectivity index (χ1v) is 5.15. The molecule has 1 fully saturated rings. The standard InChI is InChI=1S/C11H18N2O2/c1-4-6-13-11(10(14)15-3)5-7-12-8-9(11)2/h1,9,12-13H,5-8H2,2-3H3. The summed E-state index contributed by atoms with van der Waals surface area (Å²) in [5.41, 5.74) is -0.619. The van der Waals surface area contributed by atoms with Gasteiger partial charge in [0.25, 0.3) is 0 Å². The molecular weight excluding hydrogens is 192 g/mol. The van der Waals surface area contributed by atoms with Crippen LogP contribution in [0.4, 0.5) is 0 Å². The lowest BCUT2D eigenvalue weighted by Gasteiger charge is -2.40. The average molecular weight is 210 g/mol. The van der Waals surface area contributed by atoms with Crippen LogP contribution in [0, 0.1) is 18.3 Å². The molecule has 0 spiro atoms. The van der Waals surface area contributed by atoms with Gasteiger partial charge in [-0.05, 0) is 18.9 Å². The summed E-state index contributed by atoms with van der Waals surface area (Å²) in [6, 6.07) is 0. The van der Waals surface area contributed by atoms with Gasteiger partial charge in [0.1, 0.15) is 5.54 Å². The number of terminal acetylenes is 1.